The number of hydrogen-bond donors (Lipinski definition) is 1. The molecule has 1 N–H and O–H groups in total. The van der Waals surface area contributed by atoms with Crippen LogP contribution in [-0.2, 0) is 0 Å². The van der Waals surface area contributed by atoms with Gasteiger partial charge in [0.05, 0.1) is 0 Å². The molecule has 8 heavy (non-hydrogen) atoms. The Morgan fingerprint density at radius 3 is 2.00 bits per heavy atom. The average Bonchev–Trinajstić information content (AvgIpc) is 1.77. The van der Waals surface area contributed by atoms with Gasteiger partial charge in [-0.1, -0.05) is 0 Å². The van der Waals surface area contributed by atoms with Crippen LogP contribution in [0.2, 0.25) is 0 Å². The first kappa shape index (κ1) is 6.77. The predicted molar refractivity (Wildman–Crippen MR) is 33.5 cm³/mol. The van der Waals surface area contributed by atoms with Crippen molar-refractivity contribution in [3.8, 4) is 5.75 Å². The molecule has 0 saturated carbocycles. The monoisotopic (exact) mass is 132 g/mol. The first-order valence-electron chi connectivity index (χ1n) is 2.54. The van der Waals surface area contributed by atoms with Gasteiger partial charge in [0.15, 0.2) is 0 Å². The maximum absolute atomic E-state index is 8.78. The summed E-state index contributed by atoms with van der Waals surface area (Å²) in [6.07, 6.45) is 0. The summed E-state index contributed by atoms with van der Waals surface area (Å²) < 4.78 is 1.36. The fraction of sp³-hybridized carbons (Fsp3) is 0. The van der Waals surface area contributed by atoms with Crippen molar-refractivity contribution < 1.29 is 5.11 Å². The number of phenols is 1. The van der Waals surface area contributed by atoms with Crippen molar-refractivity contribution in [2.75, 3.05) is 0 Å². The summed E-state index contributed by atoms with van der Waals surface area (Å²) in [6.45, 7) is 0. The van der Waals surface area contributed by atoms with Gasteiger partial charge in [-0.05, 0) is 0 Å². The normalized spacial score (nSPS) is 9.25. The summed E-state index contributed by atoms with van der Waals surface area (Å²) in [6, 6.07) is 7.35. The Kier molecular flexibility index (Phi) is 2.53. The van der Waals surface area contributed by atoms with E-state index in [2.05, 4.69) is 0 Å². The molecule has 0 saturated heterocycles. The van der Waals surface area contributed by atoms with E-state index in [1.807, 2.05) is 12.1 Å². The van der Waals surface area contributed by atoms with Crippen LogP contribution in [0.1, 0.15) is 0 Å². The Balaban J connectivity index is 3.03. The zero-order valence-electron chi connectivity index (χ0n) is 4.76. The molecule has 0 radical (unpaired) electrons. The molecule has 1 rings (SSSR count). The van der Waals surface area contributed by atoms with Crippen molar-refractivity contribution in [2.24, 2.45) is 0 Å². The molecule has 0 heterocycles. The molecular formula is C6H5KO. The standard InChI is InChI=1S/C6H5O.K/c7-6-4-2-1-3-5-6;/h2-5,7H;. The summed E-state index contributed by atoms with van der Waals surface area (Å²) in [4.78, 5) is 0. The molecule has 1 aromatic carbocycles. The SMILES string of the molecule is Oc1cc[c]([K])cc1. The fourth-order valence-electron chi connectivity index (χ4n) is 0.545. The van der Waals surface area contributed by atoms with Crippen LogP contribution in [0.25, 0.3) is 0 Å². The topological polar surface area (TPSA) is 20.2 Å². The van der Waals surface area contributed by atoms with E-state index in [9.17, 15) is 0 Å². The Hall–Kier alpha value is 0.656. The predicted octanol–water partition coefficient (Wildman–Crippen LogP) is 0.186. The second-order valence-corrected chi connectivity index (χ2v) is 3.64. The minimum atomic E-state index is 0.359. The van der Waals surface area contributed by atoms with Gasteiger partial charge in [0.25, 0.3) is 0 Å². The van der Waals surface area contributed by atoms with Crippen molar-refractivity contribution in [1.29, 1.82) is 0 Å². The van der Waals surface area contributed by atoms with Gasteiger partial charge in [-0.2, -0.15) is 0 Å². The first-order chi connectivity index (χ1) is 3.79. The Morgan fingerprint density at radius 2 is 1.62 bits per heavy atom. The van der Waals surface area contributed by atoms with Gasteiger partial charge in [-0.25, -0.2) is 0 Å². The second kappa shape index (κ2) is 2.99. The van der Waals surface area contributed by atoms with Crippen LogP contribution >= 0.6 is 0 Å². The van der Waals surface area contributed by atoms with Crippen LogP contribution in [0.15, 0.2) is 24.3 Å². The Labute approximate surface area is 82.3 Å². The van der Waals surface area contributed by atoms with Gasteiger partial charge in [-0.3, -0.25) is 0 Å². The van der Waals surface area contributed by atoms with Crippen LogP contribution in [0, 0.1) is 0 Å². The van der Waals surface area contributed by atoms with Crippen LogP contribution < -0.4 is -0.342 Å². The zero-order chi connectivity index (χ0) is 5.98. The van der Waals surface area contributed by atoms with E-state index >= 15 is 0 Å². The van der Waals surface area contributed by atoms with Gasteiger partial charge < -0.3 is 0 Å². The third-order valence-corrected chi connectivity index (χ3v) is 2.08. The van der Waals surface area contributed by atoms with E-state index in [0.29, 0.717) is 5.75 Å². The van der Waals surface area contributed by atoms with Gasteiger partial charge in [0.1, 0.15) is 0 Å². The summed E-state index contributed by atoms with van der Waals surface area (Å²) in [5.74, 6) is 0.359. The zero-order valence-corrected chi connectivity index (χ0v) is 7.88. The van der Waals surface area contributed by atoms with Crippen molar-refractivity contribution in [3.05, 3.63) is 24.3 Å². The molecule has 0 bridgehead atoms. The molecule has 0 aliphatic rings. The van der Waals surface area contributed by atoms with E-state index in [0.717, 1.165) is 49.0 Å². The quantitative estimate of drug-likeness (QED) is 0.499. The van der Waals surface area contributed by atoms with Crippen LogP contribution in [-0.4, -0.2) is 54.1 Å². The van der Waals surface area contributed by atoms with Crippen molar-refractivity contribution in [3.63, 3.8) is 0 Å². The number of aromatic hydroxyl groups is 1. The molecule has 0 unspecified atom stereocenters. The molecule has 0 spiro atoms. The molecule has 0 aliphatic carbocycles. The van der Waals surface area contributed by atoms with Gasteiger partial charge in [0.2, 0.25) is 0 Å². The number of rotatable bonds is 0. The summed E-state index contributed by atoms with van der Waals surface area (Å²) in [7, 11) is 0. The molecule has 36 valence electrons. The summed E-state index contributed by atoms with van der Waals surface area (Å²) >= 11 is 0.737. The summed E-state index contributed by atoms with van der Waals surface area (Å²) in [5.41, 5.74) is 0. The number of benzene rings is 1. The average molecular weight is 132 g/mol. The minimum absolute atomic E-state index is 0.359. The second-order valence-electron chi connectivity index (χ2n) is 1.84. The van der Waals surface area contributed by atoms with E-state index in [1.165, 1.54) is -0.342 Å². The van der Waals surface area contributed by atoms with E-state index in [4.69, 9.17) is 5.11 Å². The van der Waals surface area contributed by atoms with Crippen molar-refractivity contribution in [1.82, 2.24) is 0 Å². The third kappa shape index (κ3) is 1.88. The van der Waals surface area contributed by atoms with E-state index in [1.54, 1.807) is 12.1 Å². The third-order valence-electron chi connectivity index (χ3n) is 1.03. The molecule has 0 atom stereocenters. The van der Waals surface area contributed by atoms with Gasteiger partial charge in [0, 0.05) is 0 Å². The molecule has 1 aromatic rings. The molecule has 2 heteroatoms. The van der Waals surface area contributed by atoms with Crippen LogP contribution in [0.5, 0.6) is 5.75 Å². The van der Waals surface area contributed by atoms with Gasteiger partial charge >= 0.3 is 83.7 Å². The molecule has 0 amide bonds. The first-order valence-corrected chi connectivity index (χ1v) is 4.11. The fourth-order valence-corrected chi connectivity index (χ4v) is 1.07. The molecule has 0 aliphatic heterocycles. The van der Waals surface area contributed by atoms with Crippen LogP contribution in [0.3, 0.4) is 0 Å². The Morgan fingerprint density at radius 1 is 1.12 bits per heavy atom. The molecule has 1 nitrogen and oxygen atoms in total. The maximum atomic E-state index is 8.78. The van der Waals surface area contributed by atoms with E-state index < -0.39 is 0 Å². The van der Waals surface area contributed by atoms with Gasteiger partial charge in [-0.15, -0.1) is 0 Å². The summed E-state index contributed by atoms with van der Waals surface area (Å²) in [5, 5.41) is 8.78. The van der Waals surface area contributed by atoms with Crippen LogP contribution in [0.4, 0.5) is 0 Å². The van der Waals surface area contributed by atoms with E-state index in [-0.39, 0.29) is 0 Å². The van der Waals surface area contributed by atoms with Crippen molar-refractivity contribution >= 4 is 48.6 Å². The Bertz CT molecular complexity index is 147. The number of phenolic OH excluding ortho intramolecular Hbond substituents is 1. The van der Waals surface area contributed by atoms with Crippen molar-refractivity contribution in [2.45, 2.75) is 0 Å². The molecule has 0 aromatic heterocycles. The molecule has 0 fully saturated rings. The number of hydrogen-bond acceptors (Lipinski definition) is 1. The molecular weight excluding hydrogens is 127 g/mol.